The number of nitrogens with one attached hydrogen (secondary N) is 1. The molecule has 0 saturated heterocycles. The molecule has 0 aromatic heterocycles. The van der Waals surface area contributed by atoms with E-state index in [0.29, 0.717) is 11.3 Å². The van der Waals surface area contributed by atoms with Crippen molar-refractivity contribution < 1.29 is 19.1 Å². The molecule has 2 atom stereocenters. The zero-order valence-corrected chi connectivity index (χ0v) is 20.0. The molecule has 0 amide bonds. The molecular weight excluding hydrogens is 428 g/mol. The zero-order valence-electron chi connectivity index (χ0n) is 20.0. The lowest BCUT2D eigenvalue weighted by molar-refractivity contribution is 0.0522. The molecule has 0 fully saturated rings. The zero-order chi connectivity index (χ0) is 24.2. The SMILES string of the molecule is CCOC(=O)c1cccc2c1C(=O)C(c1ccc(OC)cc1)C(c1ccc(CN(C)C)cc1)N2. The Balaban J connectivity index is 1.81. The van der Waals surface area contributed by atoms with Gasteiger partial charge in [-0.1, -0.05) is 42.5 Å². The number of Topliss-reactive ketones (excluding diaryl/α,β-unsaturated/α-hetero) is 1. The molecule has 4 rings (SSSR count). The summed E-state index contributed by atoms with van der Waals surface area (Å²) >= 11 is 0. The van der Waals surface area contributed by atoms with E-state index in [-0.39, 0.29) is 24.0 Å². The van der Waals surface area contributed by atoms with E-state index in [1.165, 1.54) is 5.56 Å². The number of nitrogens with zero attached hydrogens (tertiary/aromatic N) is 1. The van der Waals surface area contributed by atoms with Crippen molar-refractivity contribution in [1.82, 2.24) is 4.90 Å². The van der Waals surface area contributed by atoms with Crippen LogP contribution in [0.5, 0.6) is 5.75 Å². The summed E-state index contributed by atoms with van der Waals surface area (Å²) in [4.78, 5) is 28.8. The maximum atomic E-state index is 14.0. The second kappa shape index (κ2) is 10.1. The third-order valence-corrected chi connectivity index (χ3v) is 6.05. The number of anilines is 1. The highest BCUT2D eigenvalue weighted by Gasteiger charge is 2.39. The number of ketones is 1. The summed E-state index contributed by atoms with van der Waals surface area (Å²) in [5, 5.41) is 3.55. The Kier molecular flexibility index (Phi) is 6.98. The van der Waals surface area contributed by atoms with Crippen LogP contribution in [0.4, 0.5) is 5.69 Å². The Bertz CT molecular complexity index is 1170. The predicted molar refractivity (Wildman–Crippen MR) is 133 cm³/mol. The van der Waals surface area contributed by atoms with E-state index in [0.717, 1.165) is 23.4 Å². The van der Waals surface area contributed by atoms with Gasteiger partial charge in [0, 0.05) is 12.2 Å². The minimum Gasteiger partial charge on any atom is -0.497 e. The molecule has 1 N–H and O–H groups in total. The van der Waals surface area contributed by atoms with Gasteiger partial charge < -0.3 is 19.7 Å². The first-order chi connectivity index (χ1) is 16.4. The first kappa shape index (κ1) is 23.5. The first-order valence-electron chi connectivity index (χ1n) is 11.4. The second-order valence-electron chi connectivity index (χ2n) is 8.67. The third kappa shape index (κ3) is 4.68. The number of methoxy groups -OCH3 is 1. The maximum absolute atomic E-state index is 14.0. The van der Waals surface area contributed by atoms with E-state index < -0.39 is 11.9 Å². The fourth-order valence-corrected chi connectivity index (χ4v) is 4.50. The molecule has 34 heavy (non-hydrogen) atoms. The molecule has 1 aliphatic heterocycles. The largest absolute Gasteiger partial charge is 0.497 e. The van der Waals surface area contributed by atoms with Gasteiger partial charge in [0.25, 0.3) is 0 Å². The van der Waals surface area contributed by atoms with Gasteiger partial charge in [-0.25, -0.2) is 4.79 Å². The highest BCUT2D eigenvalue weighted by molar-refractivity contribution is 6.14. The average molecular weight is 459 g/mol. The number of fused-ring (bicyclic) bond motifs is 1. The first-order valence-corrected chi connectivity index (χ1v) is 11.4. The number of rotatable bonds is 7. The van der Waals surface area contributed by atoms with E-state index in [1.54, 1.807) is 26.2 Å². The van der Waals surface area contributed by atoms with Gasteiger partial charge in [-0.05, 0) is 62.0 Å². The Morgan fingerprint density at radius 3 is 2.26 bits per heavy atom. The molecule has 0 aliphatic carbocycles. The number of ether oxygens (including phenoxy) is 2. The average Bonchev–Trinajstić information content (AvgIpc) is 2.84. The Morgan fingerprint density at radius 2 is 1.65 bits per heavy atom. The number of carbonyl (C=O) groups is 2. The number of benzene rings is 3. The predicted octanol–water partition coefficient (Wildman–Crippen LogP) is 5.07. The fourth-order valence-electron chi connectivity index (χ4n) is 4.50. The quantitative estimate of drug-likeness (QED) is 0.499. The van der Waals surface area contributed by atoms with Crippen molar-refractivity contribution in [1.29, 1.82) is 0 Å². The van der Waals surface area contributed by atoms with E-state index >= 15 is 0 Å². The smallest absolute Gasteiger partial charge is 0.338 e. The van der Waals surface area contributed by atoms with Gasteiger partial charge in [0.1, 0.15) is 5.75 Å². The molecule has 3 aromatic carbocycles. The van der Waals surface area contributed by atoms with Crippen LogP contribution in [0.3, 0.4) is 0 Å². The van der Waals surface area contributed by atoms with E-state index in [4.69, 9.17) is 9.47 Å². The summed E-state index contributed by atoms with van der Waals surface area (Å²) < 4.78 is 10.5. The highest BCUT2D eigenvalue weighted by Crippen LogP contribution is 2.44. The van der Waals surface area contributed by atoms with Crippen molar-refractivity contribution in [3.8, 4) is 5.75 Å². The number of esters is 1. The topological polar surface area (TPSA) is 67.9 Å². The Hall–Kier alpha value is -3.64. The standard InChI is InChI=1S/C28H30N2O4/c1-5-34-28(32)22-7-6-8-23-25(22)27(31)24(19-13-15-21(33-4)16-14-19)26(29-23)20-11-9-18(10-12-20)17-30(2)3/h6-16,24,26,29H,5,17H2,1-4H3. The summed E-state index contributed by atoms with van der Waals surface area (Å²) in [5.41, 5.74) is 4.36. The van der Waals surface area contributed by atoms with E-state index in [9.17, 15) is 9.59 Å². The summed E-state index contributed by atoms with van der Waals surface area (Å²) in [6.07, 6.45) is 0. The minimum absolute atomic E-state index is 0.107. The summed E-state index contributed by atoms with van der Waals surface area (Å²) in [6, 6.07) is 20.8. The van der Waals surface area contributed by atoms with Crippen molar-refractivity contribution in [3.63, 3.8) is 0 Å². The highest BCUT2D eigenvalue weighted by atomic mass is 16.5. The lowest BCUT2D eigenvalue weighted by atomic mass is 9.77. The van der Waals surface area contributed by atoms with Crippen LogP contribution in [0.2, 0.25) is 0 Å². The lowest BCUT2D eigenvalue weighted by Crippen LogP contribution is -2.33. The van der Waals surface area contributed by atoms with Gasteiger partial charge in [0.05, 0.1) is 36.8 Å². The molecule has 6 nitrogen and oxygen atoms in total. The Morgan fingerprint density at radius 1 is 0.971 bits per heavy atom. The lowest BCUT2D eigenvalue weighted by Gasteiger charge is -2.35. The molecule has 6 heteroatoms. The van der Waals surface area contributed by atoms with Crippen molar-refractivity contribution in [2.45, 2.75) is 25.4 Å². The molecular formula is C28H30N2O4. The van der Waals surface area contributed by atoms with Gasteiger partial charge in [-0.2, -0.15) is 0 Å². The fraction of sp³-hybridized carbons (Fsp3) is 0.286. The third-order valence-electron chi connectivity index (χ3n) is 6.05. The van der Waals surface area contributed by atoms with Crippen molar-refractivity contribution in [2.75, 3.05) is 33.1 Å². The molecule has 2 unspecified atom stereocenters. The number of hydrogen-bond donors (Lipinski definition) is 1. The van der Waals surface area contributed by atoms with Crippen LogP contribution in [0.15, 0.2) is 66.7 Å². The second-order valence-corrected chi connectivity index (χ2v) is 8.67. The molecule has 176 valence electrons. The van der Waals surface area contributed by atoms with Crippen LogP contribution in [0.1, 0.15) is 56.3 Å². The summed E-state index contributed by atoms with van der Waals surface area (Å²) in [7, 11) is 5.68. The van der Waals surface area contributed by atoms with Crippen LogP contribution in [0.25, 0.3) is 0 Å². The van der Waals surface area contributed by atoms with Crippen LogP contribution >= 0.6 is 0 Å². The molecule has 0 radical (unpaired) electrons. The molecule has 0 bridgehead atoms. The monoisotopic (exact) mass is 458 g/mol. The Labute approximate surface area is 200 Å². The molecule has 0 spiro atoms. The molecule has 1 aliphatic rings. The van der Waals surface area contributed by atoms with Crippen molar-refractivity contribution >= 4 is 17.4 Å². The molecule has 1 heterocycles. The maximum Gasteiger partial charge on any atom is 0.338 e. The van der Waals surface area contributed by atoms with Crippen LogP contribution in [-0.2, 0) is 11.3 Å². The van der Waals surface area contributed by atoms with E-state index in [1.807, 2.05) is 44.4 Å². The van der Waals surface area contributed by atoms with Crippen LogP contribution in [0, 0.1) is 0 Å². The molecule has 3 aromatic rings. The normalized spacial score (nSPS) is 17.1. The summed E-state index contributed by atoms with van der Waals surface area (Å²) in [6.45, 7) is 2.84. The van der Waals surface area contributed by atoms with Crippen LogP contribution in [-0.4, -0.2) is 44.5 Å². The minimum atomic E-state index is -0.520. The van der Waals surface area contributed by atoms with Crippen molar-refractivity contribution in [3.05, 3.63) is 94.5 Å². The van der Waals surface area contributed by atoms with Gasteiger partial charge >= 0.3 is 5.97 Å². The molecule has 0 saturated carbocycles. The number of hydrogen-bond acceptors (Lipinski definition) is 6. The summed E-state index contributed by atoms with van der Waals surface area (Å²) in [5.74, 6) is -0.398. The van der Waals surface area contributed by atoms with Gasteiger partial charge in [0.2, 0.25) is 0 Å². The number of carbonyl (C=O) groups excluding carboxylic acids is 2. The van der Waals surface area contributed by atoms with Crippen molar-refractivity contribution in [2.24, 2.45) is 0 Å². The van der Waals surface area contributed by atoms with Gasteiger partial charge in [-0.3, -0.25) is 4.79 Å². The van der Waals surface area contributed by atoms with Gasteiger partial charge in [-0.15, -0.1) is 0 Å². The van der Waals surface area contributed by atoms with E-state index in [2.05, 4.69) is 34.5 Å². The van der Waals surface area contributed by atoms with Crippen LogP contribution < -0.4 is 10.1 Å². The van der Waals surface area contributed by atoms with Gasteiger partial charge in [0.15, 0.2) is 5.78 Å².